The Kier molecular flexibility index (Phi) is 5.84. The Morgan fingerprint density at radius 3 is 2.27 bits per heavy atom. The topological polar surface area (TPSA) is 62.7 Å². The Balaban J connectivity index is 1.65. The molecule has 0 atom stereocenters. The van der Waals surface area contributed by atoms with Gasteiger partial charge in [0.1, 0.15) is 11.4 Å². The number of carbonyl (C=O) groups is 2. The van der Waals surface area contributed by atoms with Gasteiger partial charge in [-0.05, 0) is 54.2 Å². The molecule has 4 rings (SSSR count). The van der Waals surface area contributed by atoms with Crippen LogP contribution in [0.1, 0.15) is 37.8 Å². The standard InChI is InChI=1S/C24H27N3O3/c1-17(2)16-30-20-7-5-19(6-8-20)21-22(26-13-3-4-14-26)24(29)27(23(21)28)15-18-9-11-25-12-10-18/h5-12,17H,3-4,13-16H2,1-2H3. The summed E-state index contributed by atoms with van der Waals surface area (Å²) < 4.78 is 5.77. The number of likely N-dealkylation sites (tertiary alicyclic amines) is 1. The molecule has 30 heavy (non-hydrogen) atoms. The molecule has 6 heteroatoms. The van der Waals surface area contributed by atoms with Gasteiger partial charge in [0.15, 0.2) is 0 Å². The maximum atomic E-state index is 13.4. The van der Waals surface area contributed by atoms with Crippen molar-refractivity contribution < 1.29 is 14.3 Å². The van der Waals surface area contributed by atoms with E-state index in [4.69, 9.17) is 4.74 Å². The summed E-state index contributed by atoms with van der Waals surface area (Å²) in [5.74, 6) is 0.745. The number of carbonyl (C=O) groups excluding carboxylic acids is 2. The van der Waals surface area contributed by atoms with Crippen molar-refractivity contribution in [3.8, 4) is 5.75 Å². The van der Waals surface area contributed by atoms with Gasteiger partial charge in [-0.2, -0.15) is 0 Å². The zero-order valence-corrected chi connectivity index (χ0v) is 17.5. The van der Waals surface area contributed by atoms with Gasteiger partial charge in [-0.15, -0.1) is 0 Å². The molecule has 0 aliphatic carbocycles. The molecule has 1 saturated heterocycles. The summed E-state index contributed by atoms with van der Waals surface area (Å²) in [4.78, 5) is 34.1. The van der Waals surface area contributed by atoms with Gasteiger partial charge in [-0.25, -0.2) is 0 Å². The summed E-state index contributed by atoms with van der Waals surface area (Å²) in [6.07, 6.45) is 5.41. The number of hydrogen-bond donors (Lipinski definition) is 0. The maximum absolute atomic E-state index is 13.4. The van der Waals surface area contributed by atoms with Crippen LogP contribution in [-0.2, 0) is 16.1 Å². The first-order valence-electron chi connectivity index (χ1n) is 10.5. The Morgan fingerprint density at radius 1 is 0.967 bits per heavy atom. The molecule has 1 aromatic heterocycles. The summed E-state index contributed by atoms with van der Waals surface area (Å²) in [5.41, 5.74) is 2.66. The van der Waals surface area contributed by atoms with Gasteiger partial charge < -0.3 is 9.64 Å². The fraction of sp³-hybridized carbons (Fsp3) is 0.375. The van der Waals surface area contributed by atoms with Gasteiger partial charge in [-0.1, -0.05) is 26.0 Å². The van der Waals surface area contributed by atoms with Crippen molar-refractivity contribution in [1.82, 2.24) is 14.8 Å². The van der Waals surface area contributed by atoms with Gasteiger partial charge in [-0.3, -0.25) is 19.5 Å². The van der Waals surface area contributed by atoms with Crippen molar-refractivity contribution in [1.29, 1.82) is 0 Å². The van der Waals surface area contributed by atoms with E-state index >= 15 is 0 Å². The van der Waals surface area contributed by atoms with Crippen LogP contribution in [0.2, 0.25) is 0 Å². The van der Waals surface area contributed by atoms with Crippen LogP contribution < -0.4 is 4.74 Å². The first-order chi connectivity index (χ1) is 14.5. The first-order valence-corrected chi connectivity index (χ1v) is 10.5. The highest BCUT2D eigenvalue weighted by atomic mass is 16.5. The van der Waals surface area contributed by atoms with E-state index in [9.17, 15) is 9.59 Å². The normalized spacial score (nSPS) is 16.9. The predicted molar refractivity (Wildman–Crippen MR) is 114 cm³/mol. The van der Waals surface area contributed by atoms with Gasteiger partial charge >= 0.3 is 0 Å². The van der Waals surface area contributed by atoms with Crippen LogP contribution in [-0.4, -0.2) is 46.3 Å². The highest BCUT2D eigenvalue weighted by Gasteiger charge is 2.42. The Morgan fingerprint density at radius 2 is 1.63 bits per heavy atom. The second kappa shape index (κ2) is 8.69. The number of nitrogens with zero attached hydrogens (tertiary/aromatic N) is 3. The molecule has 156 valence electrons. The number of imide groups is 1. The third-order valence-corrected chi connectivity index (χ3v) is 5.38. The smallest absolute Gasteiger partial charge is 0.278 e. The number of ether oxygens (including phenoxy) is 1. The summed E-state index contributed by atoms with van der Waals surface area (Å²) in [6.45, 7) is 6.69. The van der Waals surface area contributed by atoms with Crippen LogP contribution >= 0.6 is 0 Å². The molecule has 0 saturated carbocycles. The number of aromatic nitrogens is 1. The molecule has 0 N–H and O–H groups in total. The first kappa shape index (κ1) is 20.1. The van der Waals surface area contributed by atoms with Gasteiger partial charge in [0.2, 0.25) is 0 Å². The fourth-order valence-electron chi connectivity index (χ4n) is 3.85. The number of hydrogen-bond acceptors (Lipinski definition) is 5. The summed E-state index contributed by atoms with van der Waals surface area (Å²) >= 11 is 0. The minimum atomic E-state index is -0.241. The molecule has 0 spiro atoms. The lowest BCUT2D eigenvalue weighted by Crippen LogP contribution is -2.34. The molecule has 2 aromatic rings. The van der Waals surface area contributed by atoms with Crippen LogP contribution in [0.4, 0.5) is 0 Å². The zero-order chi connectivity index (χ0) is 21.1. The monoisotopic (exact) mass is 405 g/mol. The lowest BCUT2D eigenvalue weighted by Gasteiger charge is -2.20. The van der Waals surface area contributed by atoms with Crippen molar-refractivity contribution in [2.24, 2.45) is 5.92 Å². The van der Waals surface area contributed by atoms with Crippen LogP contribution in [0.3, 0.4) is 0 Å². The molecule has 0 bridgehead atoms. The van der Waals surface area contributed by atoms with E-state index in [0.717, 1.165) is 42.8 Å². The molecule has 2 aliphatic heterocycles. The predicted octanol–water partition coefficient (Wildman–Crippen LogP) is 3.49. The van der Waals surface area contributed by atoms with E-state index in [1.165, 1.54) is 4.90 Å². The van der Waals surface area contributed by atoms with Crippen molar-refractivity contribution >= 4 is 17.4 Å². The second-order valence-electron chi connectivity index (χ2n) is 8.20. The molecule has 1 aromatic carbocycles. The summed E-state index contributed by atoms with van der Waals surface area (Å²) in [5, 5.41) is 0. The number of benzene rings is 1. The second-order valence-corrected chi connectivity index (χ2v) is 8.20. The number of amides is 2. The third-order valence-electron chi connectivity index (χ3n) is 5.38. The molecular weight excluding hydrogens is 378 g/mol. The summed E-state index contributed by atoms with van der Waals surface area (Å²) in [6, 6.07) is 11.2. The van der Waals surface area contributed by atoms with E-state index in [1.807, 2.05) is 36.4 Å². The molecule has 2 amide bonds. The van der Waals surface area contributed by atoms with Crippen LogP contribution in [0.25, 0.3) is 5.57 Å². The van der Waals surface area contributed by atoms with Crippen molar-refractivity contribution in [2.45, 2.75) is 33.2 Å². The Hall–Kier alpha value is -3.15. The van der Waals surface area contributed by atoms with Gasteiger partial charge in [0, 0.05) is 25.5 Å². The molecule has 0 radical (unpaired) electrons. The SMILES string of the molecule is CC(C)COc1ccc(C2=C(N3CCCC3)C(=O)N(Cc3ccncc3)C2=O)cc1. The summed E-state index contributed by atoms with van der Waals surface area (Å²) in [7, 11) is 0. The number of pyridine rings is 1. The molecule has 1 fully saturated rings. The van der Waals surface area contributed by atoms with Crippen molar-refractivity contribution in [3.05, 3.63) is 65.6 Å². The zero-order valence-electron chi connectivity index (χ0n) is 17.5. The average molecular weight is 405 g/mol. The lowest BCUT2D eigenvalue weighted by molar-refractivity contribution is -0.138. The molecule has 0 unspecified atom stereocenters. The molecule has 6 nitrogen and oxygen atoms in total. The highest BCUT2D eigenvalue weighted by molar-refractivity contribution is 6.35. The largest absolute Gasteiger partial charge is 0.493 e. The molecular formula is C24H27N3O3. The van der Waals surface area contributed by atoms with Crippen LogP contribution in [0.15, 0.2) is 54.5 Å². The van der Waals surface area contributed by atoms with Crippen molar-refractivity contribution in [3.63, 3.8) is 0 Å². The van der Waals surface area contributed by atoms with E-state index < -0.39 is 0 Å². The fourth-order valence-corrected chi connectivity index (χ4v) is 3.85. The maximum Gasteiger partial charge on any atom is 0.278 e. The van der Waals surface area contributed by atoms with E-state index in [1.54, 1.807) is 12.4 Å². The van der Waals surface area contributed by atoms with Crippen LogP contribution in [0, 0.1) is 5.92 Å². The minimum Gasteiger partial charge on any atom is -0.493 e. The lowest BCUT2D eigenvalue weighted by atomic mass is 10.0. The highest BCUT2D eigenvalue weighted by Crippen LogP contribution is 2.34. The van der Waals surface area contributed by atoms with Gasteiger partial charge in [0.25, 0.3) is 11.8 Å². The molecule has 2 aliphatic rings. The van der Waals surface area contributed by atoms with E-state index in [0.29, 0.717) is 23.8 Å². The third kappa shape index (κ3) is 4.08. The minimum absolute atomic E-state index is 0.214. The van der Waals surface area contributed by atoms with Crippen LogP contribution in [0.5, 0.6) is 5.75 Å². The van der Waals surface area contributed by atoms with Crippen molar-refractivity contribution in [2.75, 3.05) is 19.7 Å². The Labute approximate surface area is 177 Å². The van der Waals surface area contributed by atoms with Gasteiger partial charge in [0.05, 0.1) is 18.7 Å². The number of rotatable bonds is 7. The Bertz CT molecular complexity index is 945. The molecule has 3 heterocycles. The van der Waals surface area contributed by atoms with E-state index in [-0.39, 0.29) is 18.4 Å². The van der Waals surface area contributed by atoms with E-state index in [2.05, 4.69) is 23.7 Å². The quantitative estimate of drug-likeness (QED) is 0.660. The average Bonchev–Trinajstić information content (AvgIpc) is 3.36.